The van der Waals surface area contributed by atoms with Gasteiger partial charge < -0.3 is 0 Å². The van der Waals surface area contributed by atoms with Gasteiger partial charge in [-0.3, -0.25) is 4.79 Å². The second-order valence-electron chi connectivity index (χ2n) is 3.88. The highest BCUT2D eigenvalue weighted by molar-refractivity contribution is 5.29. The quantitative estimate of drug-likeness (QED) is 0.613. The maximum Gasteiger partial charge on any atom is 0.264 e. The number of nitrogens with zero attached hydrogens (tertiary/aromatic N) is 1. The third-order valence-electron chi connectivity index (χ3n) is 3.05. The predicted molar refractivity (Wildman–Crippen MR) is 44.0 cm³/mol. The lowest BCUT2D eigenvalue weighted by molar-refractivity contribution is 0.229. The van der Waals surface area contributed by atoms with Gasteiger partial charge in [-0.2, -0.15) is 5.10 Å². The van der Waals surface area contributed by atoms with E-state index in [4.69, 9.17) is 0 Å². The summed E-state index contributed by atoms with van der Waals surface area (Å²) in [6, 6.07) is 1.71. The number of H-pyrrole nitrogens is 1. The van der Waals surface area contributed by atoms with Gasteiger partial charge in [0.1, 0.15) is 0 Å². The topological polar surface area (TPSA) is 45.8 Å². The van der Waals surface area contributed by atoms with Crippen LogP contribution in [0.3, 0.4) is 0 Å². The predicted octanol–water partition coefficient (Wildman–Crippen LogP) is 0.820. The van der Waals surface area contributed by atoms with Gasteiger partial charge in [0.05, 0.1) is 5.69 Å². The minimum absolute atomic E-state index is 0.0601. The fourth-order valence-electron chi connectivity index (χ4n) is 2.41. The lowest BCUT2D eigenvalue weighted by atomic mass is 9.65. The van der Waals surface area contributed by atoms with Gasteiger partial charge >= 0.3 is 0 Å². The van der Waals surface area contributed by atoms with Gasteiger partial charge in [0.15, 0.2) is 0 Å². The molecule has 3 heteroatoms. The molecule has 0 radical (unpaired) electrons. The van der Waals surface area contributed by atoms with Crippen LogP contribution in [0.25, 0.3) is 0 Å². The molecule has 0 aromatic carbocycles. The molecule has 1 saturated carbocycles. The number of aromatic amines is 1. The van der Waals surface area contributed by atoms with Gasteiger partial charge in [-0.25, -0.2) is 5.10 Å². The van der Waals surface area contributed by atoms with Crippen LogP contribution < -0.4 is 5.56 Å². The molecule has 1 aromatic rings. The molecule has 0 unspecified atom stereocenters. The average molecular weight is 162 g/mol. The summed E-state index contributed by atoms with van der Waals surface area (Å²) < 4.78 is 0. The van der Waals surface area contributed by atoms with E-state index in [2.05, 4.69) is 10.2 Å². The van der Waals surface area contributed by atoms with Crippen LogP contribution in [-0.2, 0) is 6.42 Å². The molecule has 62 valence electrons. The summed E-state index contributed by atoms with van der Waals surface area (Å²) >= 11 is 0. The van der Waals surface area contributed by atoms with E-state index >= 15 is 0 Å². The zero-order valence-electron chi connectivity index (χ0n) is 6.71. The lowest BCUT2D eigenvalue weighted by Gasteiger charge is -2.40. The summed E-state index contributed by atoms with van der Waals surface area (Å²) in [6.07, 6.45) is 3.64. The van der Waals surface area contributed by atoms with Crippen LogP contribution in [0.5, 0.6) is 0 Å². The number of aromatic nitrogens is 2. The van der Waals surface area contributed by atoms with Crippen LogP contribution in [0.15, 0.2) is 10.9 Å². The molecule has 1 fully saturated rings. The first kappa shape index (κ1) is 6.40. The Morgan fingerprint density at radius 2 is 2.33 bits per heavy atom. The van der Waals surface area contributed by atoms with E-state index < -0.39 is 0 Å². The fraction of sp³-hybridized carbons (Fsp3) is 0.556. The Hall–Kier alpha value is -1.12. The molecular formula is C9H10N2O. The molecule has 3 aliphatic rings. The first-order chi connectivity index (χ1) is 5.83. The average Bonchev–Trinajstić information content (AvgIpc) is 2.01. The molecule has 1 N–H and O–H groups in total. The van der Waals surface area contributed by atoms with Gasteiger partial charge in [-0.1, -0.05) is 0 Å². The zero-order chi connectivity index (χ0) is 8.13. The molecular weight excluding hydrogens is 152 g/mol. The maximum atomic E-state index is 10.9. The van der Waals surface area contributed by atoms with E-state index in [-0.39, 0.29) is 5.56 Å². The molecule has 1 heterocycles. The summed E-state index contributed by atoms with van der Waals surface area (Å²) in [5, 5.41) is 6.61. The monoisotopic (exact) mass is 162 g/mol. The molecule has 0 spiro atoms. The second kappa shape index (κ2) is 1.97. The molecule has 4 rings (SSSR count). The highest BCUT2D eigenvalue weighted by Gasteiger charge is 2.38. The summed E-state index contributed by atoms with van der Waals surface area (Å²) in [5.74, 6) is 1.49. The molecule has 0 aliphatic heterocycles. The largest absolute Gasteiger partial charge is 0.268 e. The van der Waals surface area contributed by atoms with Gasteiger partial charge in [-0.15, -0.1) is 0 Å². The summed E-state index contributed by atoms with van der Waals surface area (Å²) in [5.41, 5.74) is 2.28. The van der Waals surface area contributed by atoms with Gasteiger partial charge in [0, 0.05) is 12.0 Å². The van der Waals surface area contributed by atoms with Crippen molar-refractivity contribution in [3.63, 3.8) is 0 Å². The van der Waals surface area contributed by atoms with E-state index in [1.54, 1.807) is 6.07 Å². The van der Waals surface area contributed by atoms with E-state index in [1.165, 1.54) is 18.4 Å². The Balaban J connectivity index is 2.20. The molecule has 3 aliphatic carbocycles. The van der Waals surface area contributed by atoms with Crippen molar-refractivity contribution in [2.45, 2.75) is 25.2 Å². The van der Waals surface area contributed by atoms with E-state index in [0.717, 1.165) is 18.0 Å². The Bertz CT molecular complexity index is 376. The van der Waals surface area contributed by atoms with Crippen LogP contribution in [0, 0.1) is 5.92 Å². The number of hydrogen-bond donors (Lipinski definition) is 1. The minimum Gasteiger partial charge on any atom is -0.268 e. The fourth-order valence-corrected chi connectivity index (χ4v) is 2.41. The molecule has 0 atom stereocenters. The van der Waals surface area contributed by atoms with Crippen molar-refractivity contribution >= 4 is 0 Å². The second-order valence-corrected chi connectivity index (χ2v) is 3.88. The van der Waals surface area contributed by atoms with Crippen LogP contribution >= 0.6 is 0 Å². The highest BCUT2D eigenvalue weighted by Crippen LogP contribution is 2.47. The third kappa shape index (κ3) is 0.709. The molecule has 3 nitrogen and oxygen atoms in total. The van der Waals surface area contributed by atoms with Gasteiger partial charge in [0.2, 0.25) is 0 Å². The summed E-state index contributed by atoms with van der Waals surface area (Å²) in [7, 11) is 0. The normalized spacial score (nSPS) is 30.7. The van der Waals surface area contributed by atoms with Crippen molar-refractivity contribution < 1.29 is 0 Å². The van der Waals surface area contributed by atoms with Crippen molar-refractivity contribution in [2.24, 2.45) is 5.92 Å². The van der Waals surface area contributed by atoms with Crippen molar-refractivity contribution in [1.82, 2.24) is 10.2 Å². The molecule has 0 saturated heterocycles. The van der Waals surface area contributed by atoms with Crippen molar-refractivity contribution in [2.75, 3.05) is 0 Å². The Labute approximate surface area is 69.8 Å². The van der Waals surface area contributed by atoms with E-state index in [0.29, 0.717) is 5.92 Å². The third-order valence-corrected chi connectivity index (χ3v) is 3.05. The standard InChI is InChI=1S/C9H10N2O/c12-8-4-7-3-5-1-6(2-5)9(7)11-10-8/h4-6H,1-3H2,(H,10,12). The number of nitrogens with one attached hydrogen (secondary N) is 1. The van der Waals surface area contributed by atoms with Gasteiger partial charge in [0.25, 0.3) is 5.56 Å². The van der Waals surface area contributed by atoms with Gasteiger partial charge in [-0.05, 0) is 30.7 Å². The molecule has 0 amide bonds. The zero-order valence-corrected chi connectivity index (χ0v) is 6.71. The summed E-state index contributed by atoms with van der Waals surface area (Å²) in [6.45, 7) is 0. The number of hydrogen-bond acceptors (Lipinski definition) is 2. The van der Waals surface area contributed by atoms with Crippen LogP contribution in [0.1, 0.15) is 30.0 Å². The van der Waals surface area contributed by atoms with E-state index in [9.17, 15) is 4.79 Å². The smallest absolute Gasteiger partial charge is 0.264 e. The Morgan fingerprint density at radius 1 is 1.50 bits per heavy atom. The van der Waals surface area contributed by atoms with Crippen LogP contribution in [0.4, 0.5) is 0 Å². The van der Waals surface area contributed by atoms with Crippen molar-refractivity contribution in [3.8, 4) is 0 Å². The van der Waals surface area contributed by atoms with Crippen molar-refractivity contribution in [1.29, 1.82) is 0 Å². The van der Waals surface area contributed by atoms with Crippen molar-refractivity contribution in [3.05, 3.63) is 27.7 Å². The molecule has 1 aromatic heterocycles. The maximum absolute atomic E-state index is 10.9. The minimum atomic E-state index is -0.0601. The van der Waals surface area contributed by atoms with Crippen LogP contribution in [0.2, 0.25) is 0 Å². The first-order valence-electron chi connectivity index (χ1n) is 4.41. The number of rotatable bonds is 0. The lowest BCUT2D eigenvalue weighted by Crippen LogP contribution is -2.33. The van der Waals surface area contributed by atoms with E-state index in [1.807, 2.05) is 0 Å². The highest BCUT2D eigenvalue weighted by atomic mass is 16.1. The molecule has 2 bridgehead atoms. The summed E-state index contributed by atoms with van der Waals surface area (Å²) in [4.78, 5) is 10.9. The first-order valence-corrected chi connectivity index (χ1v) is 4.41. The Kier molecular flexibility index (Phi) is 1.05. The van der Waals surface area contributed by atoms with Crippen LogP contribution in [-0.4, -0.2) is 10.2 Å². The molecule has 12 heavy (non-hydrogen) atoms. The SMILES string of the molecule is O=c1cc2c(n[nH]1)C1CC(C2)C1. The Morgan fingerprint density at radius 3 is 3.17 bits per heavy atom.